The Hall–Kier alpha value is -1.79. The Kier molecular flexibility index (Phi) is 10.8. The van der Waals surface area contributed by atoms with Gasteiger partial charge < -0.3 is 21.1 Å². The molecule has 1 aliphatic rings. The standard InChI is InChI=1S/C20H31N3O3.ClH/c1-2-26-18-11-6-4-9-16(18)20(25)22-13-7-12-19(24)23-17-10-5-3-8-15(17)14-21;/h4,6,9,11,15,17H,2-3,5,7-8,10,12-14,21H2,1H3,(H,22,25)(H,23,24);1H. The maximum Gasteiger partial charge on any atom is 0.255 e. The highest BCUT2D eigenvalue weighted by Crippen LogP contribution is 2.23. The summed E-state index contributed by atoms with van der Waals surface area (Å²) in [5, 5.41) is 5.97. The van der Waals surface area contributed by atoms with E-state index >= 15 is 0 Å². The van der Waals surface area contributed by atoms with E-state index in [1.54, 1.807) is 12.1 Å². The number of hydrogen-bond acceptors (Lipinski definition) is 4. The smallest absolute Gasteiger partial charge is 0.255 e. The number of nitrogens with one attached hydrogen (secondary N) is 2. The van der Waals surface area contributed by atoms with Crippen LogP contribution in [0, 0.1) is 5.92 Å². The third-order valence-electron chi connectivity index (χ3n) is 4.86. The molecule has 6 nitrogen and oxygen atoms in total. The van der Waals surface area contributed by atoms with E-state index in [9.17, 15) is 9.59 Å². The van der Waals surface area contributed by atoms with Crippen LogP contribution in [0.25, 0.3) is 0 Å². The fourth-order valence-corrected chi connectivity index (χ4v) is 3.44. The monoisotopic (exact) mass is 397 g/mol. The summed E-state index contributed by atoms with van der Waals surface area (Å²) in [6.07, 6.45) is 5.46. The second kappa shape index (κ2) is 12.6. The van der Waals surface area contributed by atoms with Crippen molar-refractivity contribution in [3.63, 3.8) is 0 Å². The molecule has 1 saturated carbocycles. The van der Waals surface area contributed by atoms with E-state index in [1.807, 2.05) is 19.1 Å². The summed E-state index contributed by atoms with van der Waals surface area (Å²) in [4.78, 5) is 24.4. The number of halogens is 1. The summed E-state index contributed by atoms with van der Waals surface area (Å²) < 4.78 is 5.47. The van der Waals surface area contributed by atoms with E-state index in [1.165, 1.54) is 6.42 Å². The van der Waals surface area contributed by atoms with Crippen LogP contribution in [0.2, 0.25) is 0 Å². The molecule has 2 unspecified atom stereocenters. The number of ether oxygens (including phenoxy) is 1. The van der Waals surface area contributed by atoms with E-state index in [2.05, 4.69) is 10.6 Å². The summed E-state index contributed by atoms with van der Waals surface area (Å²) in [5.41, 5.74) is 6.32. The predicted octanol–water partition coefficient (Wildman–Crippen LogP) is 2.65. The van der Waals surface area contributed by atoms with E-state index in [0.29, 0.717) is 49.8 Å². The molecule has 0 heterocycles. The van der Waals surface area contributed by atoms with E-state index < -0.39 is 0 Å². The largest absolute Gasteiger partial charge is 0.493 e. The zero-order valence-corrected chi connectivity index (χ0v) is 16.9. The van der Waals surface area contributed by atoms with Crippen molar-refractivity contribution in [2.75, 3.05) is 19.7 Å². The molecule has 0 radical (unpaired) electrons. The van der Waals surface area contributed by atoms with Crippen molar-refractivity contribution in [3.05, 3.63) is 29.8 Å². The molecule has 2 rings (SSSR count). The lowest BCUT2D eigenvalue weighted by Crippen LogP contribution is -2.44. The Balaban J connectivity index is 0.00000364. The van der Waals surface area contributed by atoms with Crippen LogP contribution in [0.1, 0.15) is 55.8 Å². The Morgan fingerprint density at radius 3 is 2.70 bits per heavy atom. The molecule has 152 valence electrons. The molecule has 7 heteroatoms. The van der Waals surface area contributed by atoms with Gasteiger partial charge in [-0.25, -0.2) is 0 Å². The van der Waals surface area contributed by atoms with Gasteiger partial charge in [0.25, 0.3) is 5.91 Å². The van der Waals surface area contributed by atoms with Gasteiger partial charge in [0.2, 0.25) is 5.91 Å². The number of nitrogens with two attached hydrogens (primary N) is 1. The molecule has 0 bridgehead atoms. The number of carbonyl (C=O) groups is 2. The Morgan fingerprint density at radius 1 is 1.22 bits per heavy atom. The molecule has 2 amide bonds. The molecule has 1 aromatic rings. The van der Waals surface area contributed by atoms with Gasteiger partial charge >= 0.3 is 0 Å². The molecule has 4 N–H and O–H groups in total. The highest BCUT2D eigenvalue weighted by Gasteiger charge is 2.25. The minimum absolute atomic E-state index is 0. The van der Waals surface area contributed by atoms with E-state index in [4.69, 9.17) is 10.5 Å². The molecule has 0 spiro atoms. The van der Waals surface area contributed by atoms with Gasteiger partial charge in [-0.1, -0.05) is 25.0 Å². The summed E-state index contributed by atoms with van der Waals surface area (Å²) in [5.74, 6) is 0.835. The summed E-state index contributed by atoms with van der Waals surface area (Å²) in [7, 11) is 0. The molecule has 0 saturated heterocycles. The third-order valence-corrected chi connectivity index (χ3v) is 4.86. The number of carbonyl (C=O) groups excluding carboxylic acids is 2. The van der Waals surface area contributed by atoms with Crippen molar-refractivity contribution >= 4 is 24.2 Å². The summed E-state index contributed by atoms with van der Waals surface area (Å²) in [6, 6.07) is 7.37. The first kappa shape index (κ1) is 23.2. The van der Waals surface area contributed by atoms with Crippen LogP contribution in [0.5, 0.6) is 5.75 Å². The van der Waals surface area contributed by atoms with Crippen molar-refractivity contribution in [1.29, 1.82) is 0 Å². The number of hydrogen-bond donors (Lipinski definition) is 3. The summed E-state index contributed by atoms with van der Waals surface area (Å²) >= 11 is 0. The minimum atomic E-state index is -0.176. The van der Waals surface area contributed by atoms with Gasteiger partial charge in [-0.2, -0.15) is 0 Å². The number of para-hydroxylation sites is 1. The van der Waals surface area contributed by atoms with Crippen molar-refractivity contribution in [2.24, 2.45) is 11.7 Å². The van der Waals surface area contributed by atoms with Crippen molar-refractivity contribution in [1.82, 2.24) is 10.6 Å². The number of rotatable bonds is 9. The lowest BCUT2D eigenvalue weighted by molar-refractivity contribution is -0.122. The molecule has 1 fully saturated rings. The molecular weight excluding hydrogens is 366 g/mol. The topological polar surface area (TPSA) is 93.4 Å². The van der Waals surface area contributed by atoms with Crippen LogP contribution in [0.4, 0.5) is 0 Å². The SMILES string of the molecule is CCOc1ccccc1C(=O)NCCCC(=O)NC1CCCCC1CN.Cl. The third kappa shape index (κ3) is 7.39. The second-order valence-corrected chi connectivity index (χ2v) is 6.74. The highest BCUT2D eigenvalue weighted by atomic mass is 35.5. The predicted molar refractivity (Wildman–Crippen MR) is 109 cm³/mol. The summed E-state index contributed by atoms with van der Waals surface area (Å²) in [6.45, 7) is 3.47. The first-order chi connectivity index (χ1) is 12.7. The van der Waals surface area contributed by atoms with Crippen LogP contribution in [-0.4, -0.2) is 37.6 Å². The Bertz CT molecular complexity index is 598. The maximum atomic E-state index is 12.3. The van der Waals surface area contributed by atoms with Gasteiger partial charge in [0.05, 0.1) is 12.2 Å². The molecule has 0 aromatic heterocycles. The fourth-order valence-electron chi connectivity index (χ4n) is 3.44. The average Bonchev–Trinajstić information content (AvgIpc) is 2.66. The van der Waals surface area contributed by atoms with E-state index in [-0.39, 0.29) is 30.3 Å². The zero-order chi connectivity index (χ0) is 18.8. The number of benzene rings is 1. The van der Waals surface area contributed by atoms with Crippen LogP contribution in [0.15, 0.2) is 24.3 Å². The van der Waals surface area contributed by atoms with Crippen LogP contribution in [0.3, 0.4) is 0 Å². The molecule has 1 aliphatic carbocycles. The van der Waals surface area contributed by atoms with Crippen molar-refractivity contribution < 1.29 is 14.3 Å². The molecule has 27 heavy (non-hydrogen) atoms. The first-order valence-corrected chi connectivity index (χ1v) is 9.65. The molecular formula is C20H32ClN3O3. The van der Waals surface area contributed by atoms with Crippen LogP contribution in [-0.2, 0) is 4.79 Å². The first-order valence-electron chi connectivity index (χ1n) is 9.65. The highest BCUT2D eigenvalue weighted by molar-refractivity contribution is 5.96. The second-order valence-electron chi connectivity index (χ2n) is 6.74. The number of amides is 2. The maximum absolute atomic E-state index is 12.3. The van der Waals surface area contributed by atoms with Gasteiger partial charge in [-0.3, -0.25) is 9.59 Å². The van der Waals surface area contributed by atoms with Crippen molar-refractivity contribution in [3.8, 4) is 5.75 Å². The average molecular weight is 398 g/mol. The van der Waals surface area contributed by atoms with Crippen molar-refractivity contribution in [2.45, 2.75) is 51.5 Å². The van der Waals surface area contributed by atoms with Crippen LogP contribution < -0.4 is 21.1 Å². The van der Waals surface area contributed by atoms with Gasteiger partial charge in [-0.15, -0.1) is 12.4 Å². The van der Waals surface area contributed by atoms with Crippen LogP contribution >= 0.6 is 12.4 Å². The van der Waals surface area contributed by atoms with Gasteiger partial charge in [-0.05, 0) is 50.8 Å². The van der Waals surface area contributed by atoms with Gasteiger partial charge in [0.1, 0.15) is 5.75 Å². The lowest BCUT2D eigenvalue weighted by atomic mass is 9.84. The Morgan fingerprint density at radius 2 is 1.96 bits per heavy atom. The zero-order valence-electron chi connectivity index (χ0n) is 16.0. The molecule has 1 aromatic carbocycles. The molecule has 2 atom stereocenters. The molecule has 0 aliphatic heterocycles. The fraction of sp³-hybridized carbons (Fsp3) is 0.600. The quantitative estimate of drug-likeness (QED) is 0.558. The van der Waals surface area contributed by atoms with Gasteiger partial charge in [0, 0.05) is 19.0 Å². The normalized spacial score (nSPS) is 18.9. The lowest BCUT2D eigenvalue weighted by Gasteiger charge is -2.31. The Labute approximate surface area is 168 Å². The van der Waals surface area contributed by atoms with E-state index in [0.717, 1.165) is 19.3 Å². The minimum Gasteiger partial charge on any atom is -0.493 e. The van der Waals surface area contributed by atoms with Gasteiger partial charge in [0.15, 0.2) is 0 Å².